The van der Waals surface area contributed by atoms with Gasteiger partial charge in [0.2, 0.25) is 0 Å². The lowest BCUT2D eigenvalue weighted by molar-refractivity contribution is 0.335. The van der Waals surface area contributed by atoms with E-state index in [0.29, 0.717) is 4.87 Å². The molecule has 11 heavy (non-hydrogen) atoms. The van der Waals surface area contributed by atoms with Gasteiger partial charge in [-0.25, -0.2) is 0 Å². The third-order valence-electron chi connectivity index (χ3n) is 2.78. The topological polar surface area (TPSA) is 12.0 Å². The van der Waals surface area contributed by atoms with Crippen LogP contribution in [0.25, 0.3) is 0 Å². The molecule has 1 N–H and O–H groups in total. The zero-order valence-corrected chi connectivity index (χ0v) is 8.04. The van der Waals surface area contributed by atoms with Gasteiger partial charge in [0, 0.05) is 11.8 Å². The van der Waals surface area contributed by atoms with Gasteiger partial charge in [-0.3, -0.25) is 5.32 Å². The fraction of sp³-hybridized carbons (Fsp3) is 1.00. The van der Waals surface area contributed by atoms with E-state index in [4.69, 9.17) is 0 Å². The van der Waals surface area contributed by atoms with Crippen molar-refractivity contribution in [3.05, 3.63) is 0 Å². The van der Waals surface area contributed by atoms with Crippen LogP contribution in [0.15, 0.2) is 0 Å². The third kappa shape index (κ3) is 1.57. The van der Waals surface area contributed by atoms with Crippen molar-refractivity contribution in [2.24, 2.45) is 0 Å². The van der Waals surface area contributed by atoms with E-state index in [0.717, 1.165) is 6.04 Å². The number of thioether (sulfide) groups is 1. The van der Waals surface area contributed by atoms with Gasteiger partial charge < -0.3 is 0 Å². The summed E-state index contributed by atoms with van der Waals surface area (Å²) in [4.78, 5) is 0.512. The molecule has 0 bridgehead atoms. The van der Waals surface area contributed by atoms with Crippen LogP contribution in [0.5, 0.6) is 0 Å². The van der Waals surface area contributed by atoms with Crippen LogP contribution in [0.4, 0.5) is 0 Å². The van der Waals surface area contributed by atoms with Crippen LogP contribution in [0.1, 0.15) is 39.0 Å². The Labute approximate surface area is 73.3 Å². The van der Waals surface area contributed by atoms with Crippen molar-refractivity contribution in [2.75, 3.05) is 5.75 Å². The molecule has 1 saturated carbocycles. The number of hydrogen-bond acceptors (Lipinski definition) is 2. The van der Waals surface area contributed by atoms with Crippen LogP contribution < -0.4 is 5.32 Å². The van der Waals surface area contributed by atoms with E-state index in [9.17, 15) is 0 Å². The number of rotatable bonds is 0. The molecule has 0 amide bonds. The lowest BCUT2D eigenvalue weighted by Crippen LogP contribution is -2.42. The minimum absolute atomic E-state index is 0.512. The second kappa shape index (κ2) is 2.98. The molecule has 1 aliphatic heterocycles. The first-order valence-corrected chi connectivity index (χ1v) is 5.71. The minimum atomic E-state index is 0.512. The SMILES string of the molecule is C[C@@H]1CSC2(CCCCC2)N1. The van der Waals surface area contributed by atoms with Crippen molar-refractivity contribution in [1.82, 2.24) is 5.32 Å². The summed E-state index contributed by atoms with van der Waals surface area (Å²) in [5, 5.41) is 3.73. The fourth-order valence-electron chi connectivity index (χ4n) is 2.23. The molecule has 1 nitrogen and oxygen atoms in total. The van der Waals surface area contributed by atoms with Gasteiger partial charge >= 0.3 is 0 Å². The smallest absolute Gasteiger partial charge is 0.0648 e. The van der Waals surface area contributed by atoms with Crippen LogP contribution in [0.2, 0.25) is 0 Å². The van der Waals surface area contributed by atoms with E-state index in [-0.39, 0.29) is 0 Å². The predicted octanol–water partition coefficient (Wildman–Crippen LogP) is 2.37. The Kier molecular flexibility index (Phi) is 2.15. The average Bonchev–Trinajstić information content (AvgIpc) is 2.34. The van der Waals surface area contributed by atoms with Crippen LogP contribution in [0, 0.1) is 0 Å². The molecular formula is C9H17NS. The molecule has 0 aromatic rings. The highest BCUT2D eigenvalue weighted by atomic mass is 32.2. The van der Waals surface area contributed by atoms with Crippen molar-refractivity contribution in [3.8, 4) is 0 Å². The number of hydrogen-bond donors (Lipinski definition) is 1. The lowest BCUT2D eigenvalue weighted by atomic mass is 9.94. The Morgan fingerprint density at radius 3 is 2.55 bits per heavy atom. The minimum Gasteiger partial charge on any atom is -0.299 e. The summed E-state index contributed by atoms with van der Waals surface area (Å²) in [5.74, 6) is 1.32. The third-order valence-corrected chi connectivity index (χ3v) is 4.53. The molecule has 0 unspecified atom stereocenters. The highest BCUT2D eigenvalue weighted by Crippen LogP contribution is 2.41. The molecule has 1 aliphatic carbocycles. The second-order valence-electron chi connectivity index (χ2n) is 3.91. The van der Waals surface area contributed by atoms with E-state index in [1.165, 1.54) is 37.9 Å². The highest BCUT2D eigenvalue weighted by Gasteiger charge is 2.37. The molecule has 0 aromatic heterocycles. The standard InChI is InChI=1S/C9H17NS/c1-8-7-11-9(10-8)5-3-2-4-6-9/h8,10H,2-7H2,1H3/t8-/m1/s1. The molecule has 1 saturated heterocycles. The van der Waals surface area contributed by atoms with Gasteiger partial charge in [-0.2, -0.15) is 0 Å². The van der Waals surface area contributed by atoms with Gasteiger partial charge in [0.25, 0.3) is 0 Å². The summed E-state index contributed by atoms with van der Waals surface area (Å²) < 4.78 is 0. The van der Waals surface area contributed by atoms with Gasteiger partial charge in [-0.1, -0.05) is 19.3 Å². The van der Waals surface area contributed by atoms with Gasteiger partial charge in [0.05, 0.1) is 4.87 Å². The molecule has 0 aromatic carbocycles. The zero-order valence-electron chi connectivity index (χ0n) is 7.23. The molecule has 1 heterocycles. The maximum atomic E-state index is 3.73. The van der Waals surface area contributed by atoms with Gasteiger partial charge in [-0.15, -0.1) is 11.8 Å². The van der Waals surface area contributed by atoms with E-state index in [1.54, 1.807) is 0 Å². The first-order valence-electron chi connectivity index (χ1n) is 4.72. The van der Waals surface area contributed by atoms with Crippen LogP contribution >= 0.6 is 11.8 Å². The molecular weight excluding hydrogens is 154 g/mol. The molecule has 2 rings (SSSR count). The molecule has 1 spiro atoms. The molecule has 64 valence electrons. The number of nitrogens with one attached hydrogen (secondary N) is 1. The maximum absolute atomic E-state index is 3.73. The van der Waals surface area contributed by atoms with Crippen molar-refractivity contribution in [3.63, 3.8) is 0 Å². The molecule has 2 heteroatoms. The normalized spacial score (nSPS) is 36.3. The summed E-state index contributed by atoms with van der Waals surface area (Å²) in [7, 11) is 0. The Morgan fingerprint density at radius 1 is 1.27 bits per heavy atom. The van der Waals surface area contributed by atoms with Crippen molar-refractivity contribution in [2.45, 2.75) is 49.9 Å². The molecule has 0 radical (unpaired) electrons. The summed E-state index contributed by atoms with van der Waals surface area (Å²) in [6.45, 7) is 2.30. The first kappa shape index (κ1) is 7.93. The van der Waals surface area contributed by atoms with Gasteiger partial charge in [0.15, 0.2) is 0 Å². The first-order chi connectivity index (χ1) is 5.31. The fourth-order valence-corrected chi connectivity index (χ4v) is 3.74. The lowest BCUT2D eigenvalue weighted by Gasteiger charge is -2.33. The Hall–Kier alpha value is 0.310. The van der Waals surface area contributed by atoms with Crippen molar-refractivity contribution < 1.29 is 0 Å². The summed E-state index contributed by atoms with van der Waals surface area (Å²) in [6, 6.07) is 0.748. The average molecular weight is 171 g/mol. The monoisotopic (exact) mass is 171 g/mol. The quantitative estimate of drug-likeness (QED) is 0.600. The van der Waals surface area contributed by atoms with E-state index < -0.39 is 0 Å². The van der Waals surface area contributed by atoms with E-state index in [1.807, 2.05) is 0 Å². The van der Waals surface area contributed by atoms with Gasteiger partial charge in [-0.05, 0) is 19.8 Å². The van der Waals surface area contributed by atoms with Crippen molar-refractivity contribution >= 4 is 11.8 Å². The molecule has 2 fully saturated rings. The van der Waals surface area contributed by atoms with Gasteiger partial charge in [0.1, 0.15) is 0 Å². The Bertz CT molecular complexity index is 135. The summed E-state index contributed by atoms with van der Waals surface area (Å²) >= 11 is 2.16. The van der Waals surface area contributed by atoms with E-state index in [2.05, 4.69) is 24.0 Å². The molecule has 1 atom stereocenters. The second-order valence-corrected chi connectivity index (χ2v) is 5.31. The van der Waals surface area contributed by atoms with Crippen molar-refractivity contribution in [1.29, 1.82) is 0 Å². The highest BCUT2D eigenvalue weighted by molar-refractivity contribution is 8.00. The van der Waals surface area contributed by atoms with E-state index >= 15 is 0 Å². The van der Waals surface area contributed by atoms with Crippen LogP contribution in [0.3, 0.4) is 0 Å². The Morgan fingerprint density at radius 2 is 2.00 bits per heavy atom. The summed E-state index contributed by atoms with van der Waals surface area (Å²) in [5.41, 5.74) is 0. The largest absolute Gasteiger partial charge is 0.299 e. The predicted molar refractivity (Wildman–Crippen MR) is 50.9 cm³/mol. The molecule has 2 aliphatic rings. The van der Waals surface area contributed by atoms with Crippen LogP contribution in [-0.2, 0) is 0 Å². The zero-order chi connectivity index (χ0) is 7.73. The summed E-state index contributed by atoms with van der Waals surface area (Å²) in [6.07, 6.45) is 7.14. The maximum Gasteiger partial charge on any atom is 0.0648 e. The van der Waals surface area contributed by atoms with Crippen LogP contribution in [-0.4, -0.2) is 16.7 Å². The Balaban J connectivity index is 1.98.